The Labute approximate surface area is 151 Å². The Morgan fingerprint density at radius 1 is 0.880 bits per heavy atom. The second kappa shape index (κ2) is 8.34. The molecule has 134 valence electrons. The van der Waals surface area contributed by atoms with Gasteiger partial charge in [-0.2, -0.15) is 0 Å². The molecule has 2 aromatic carbocycles. The first-order valence-corrected chi connectivity index (χ1v) is 10.3. The molecule has 0 amide bonds. The minimum atomic E-state index is -3.40. The van der Waals surface area contributed by atoms with Crippen molar-refractivity contribution in [1.82, 2.24) is 4.90 Å². The lowest BCUT2D eigenvalue weighted by atomic mass is 10.1. The highest BCUT2D eigenvalue weighted by Crippen LogP contribution is 2.22. The van der Waals surface area contributed by atoms with Crippen molar-refractivity contribution in [2.24, 2.45) is 0 Å². The summed E-state index contributed by atoms with van der Waals surface area (Å²) in [5.41, 5.74) is 1.83. The number of sulfone groups is 1. The number of hydrogen-bond donors (Lipinski definition) is 0. The van der Waals surface area contributed by atoms with Crippen molar-refractivity contribution in [1.29, 1.82) is 0 Å². The lowest BCUT2D eigenvalue weighted by Gasteiger charge is -2.35. The predicted molar refractivity (Wildman–Crippen MR) is 105 cm³/mol. The van der Waals surface area contributed by atoms with Crippen LogP contribution in [0.4, 0.5) is 0 Å². The Bertz CT molecular complexity index is 786. The van der Waals surface area contributed by atoms with Gasteiger partial charge in [0.05, 0.1) is 10.6 Å². The quantitative estimate of drug-likeness (QED) is 0.725. The van der Waals surface area contributed by atoms with Crippen molar-refractivity contribution in [2.45, 2.75) is 44.7 Å². The van der Waals surface area contributed by atoms with E-state index in [-0.39, 0.29) is 17.8 Å². The van der Waals surface area contributed by atoms with Gasteiger partial charge < -0.3 is 4.90 Å². The molecule has 0 aliphatic rings. The van der Waals surface area contributed by atoms with Gasteiger partial charge in [0.25, 0.3) is 0 Å². The van der Waals surface area contributed by atoms with E-state index in [1.165, 1.54) is 0 Å². The molecule has 0 aliphatic heterocycles. The van der Waals surface area contributed by atoms with E-state index >= 15 is 0 Å². The van der Waals surface area contributed by atoms with Gasteiger partial charge in [-0.1, -0.05) is 48.5 Å². The van der Waals surface area contributed by atoms with Crippen LogP contribution in [-0.2, 0) is 9.84 Å². The summed E-state index contributed by atoms with van der Waals surface area (Å²) in [6.45, 7) is 8.36. The normalized spacial score (nSPS) is 12.6. The third kappa shape index (κ3) is 5.20. The highest BCUT2D eigenvalue weighted by Gasteiger charge is 2.23. The lowest BCUT2D eigenvalue weighted by molar-refractivity contribution is 0.235. The van der Waals surface area contributed by atoms with E-state index in [2.05, 4.69) is 32.6 Å². The van der Waals surface area contributed by atoms with Gasteiger partial charge in [0.15, 0.2) is 9.84 Å². The number of benzene rings is 2. The summed E-state index contributed by atoms with van der Waals surface area (Å²) in [5, 5.41) is 0. The van der Waals surface area contributed by atoms with Crippen LogP contribution in [0.3, 0.4) is 0 Å². The fraction of sp³-hybridized carbons (Fsp3) is 0.333. The fourth-order valence-corrected chi connectivity index (χ4v) is 4.46. The summed E-state index contributed by atoms with van der Waals surface area (Å²) < 4.78 is 25.8. The minimum Gasteiger partial charge on any atom is -0.369 e. The Kier molecular flexibility index (Phi) is 6.43. The highest BCUT2D eigenvalue weighted by molar-refractivity contribution is 7.91. The molecule has 0 atom stereocenters. The maximum atomic E-state index is 12.9. The Balaban J connectivity index is 2.47. The maximum Gasteiger partial charge on any atom is 0.183 e. The van der Waals surface area contributed by atoms with Crippen LogP contribution in [0, 0.1) is 0 Å². The molecule has 0 fully saturated rings. The summed E-state index contributed by atoms with van der Waals surface area (Å²) in [4.78, 5) is 2.54. The first-order chi connectivity index (χ1) is 11.8. The standard InChI is InChI=1S/C21H27NO2S/c1-17(2)22(18(3)4)20(15-19-11-7-5-8-12-19)16-25(23,24)21-13-9-6-10-14-21/h5-15,17-18H,16H2,1-4H3/b20-15+. The van der Waals surface area contributed by atoms with Crippen molar-refractivity contribution < 1.29 is 8.42 Å². The summed E-state index contributed by atoms with van der Waals surface area (Å²) in [6, 6.07) is 19.0. The average Bonchev–Trinajstić information content (AvgIpc) is 2.55. The third-order valence-corrected chi connectivity index (χ3v) is 5.68. The van der Waals surface area contributed by atoms with Crippen molar-refractivity contribution >= 4 is 15.9 Å². The monoisotopic (exact) mass is 357 g/mol. The van der Waals surface area contributed by atoms with Gasteiger partial charge in [-0.15, -0.1) is 0 Å². The van der Waals surface area contributed by atoms with E-state index in [0.29, 0.717) is 4.90 Å². The van der Waals surface area contributed by atoms with Gasteiger partial charge in [-0.05, 0) is 51.5 Å². The van der Waals surface area contributed by atoms with E-state index in [9.17, 15) is 8.42 Å². The van der Waals surface area contributed by atoms with Crippen LogP contribution in [0.5, 0.6) is 0 Å². The third-order valence-electron chi connectivity index (χ3n) is 4.02. The molecule has 0 saturated carbocycles. The molecular weight excluding hydrogens is 330 g/mol. The highest BCUT2D eigenvalue weighted by atomic mass is 32.2. The summed E-state index contributed by atoms with van der Waals surface area (Å²) >= 11 is 0. The largest absolute Gasteiger partial charge is 0.369 e. The van der Waals surface area contributed by atoms with E-state index in [1.807, 2.05) is 42.5 Å². The van der Waals surface area contributed by atoms with Crippen molar-refractivity contribution in [3.05, 3.63) is 71.9 Å². The van der Waals surface area contributed by atoms with Crippen LogP contribution in [0.2, 0.25) is 0 Å². The van der Waals surface area contributed by atoms with Crippen LogP contribution >= 0.6 is 0 Å². The molecule has 0 unspecified atom stereocenters. The SMILES string of the molecule is CC(C)N(/C(=C/c1ccccc1)CS(=O)(=O)c1ccccc1)C(C)C. The minimum absolute atomic E-state index is 0.0116. The van der Waals surface area contributed by atoms with Crippen LogP contribution in [0.1, 0.15) is 33.3 Å². The van der Waals surface area contributed by atoms with Crippen molar-refractivity contribution in [3.63, 3.8) is 0 Å². The van der Waals surface area contributed by atoms with Gasteiger partial charge in [0, 0.05) is 17.8 Å². The number of hydrogen-bond acceptors (Lipinski definition) is 3. The molecule has 0 spiro atoms. The first-order valence-electron chi connectivity index (χ1n) is 8.63. The number of nitrogens with zero attached hydrogens (tertiary/aromatic N) is 1. The molecule has 2 rings (SSSR count). The zero-order chi connectivity index (χ0) is 18.4. The lowest BCUT2D eigenvalue weighted by Crippen LogP contribution is -2.38. The molecular formula is C21H27NO2S. The van der Waals surface area contributed by atoms with Gasteiger partial charge in [0.1, 0.15) is 0 Å². The molecule has 0 radical (unpaired) electrons. The Morgan fingerprint density at radius 2 is 1.36 bits per heavy atom. The molecule has 0 bridgehead atoms. The molecule has 2 aromatic rings. The summed E-state index contributed by atoms with van der Waals surface area (Å²) in [6.07, 6.45) is 1.99. The predicted octanol–water partition coefficient (Wildman–Crippen LogP) is 4.62. The Morgan fingerprint density at radius 3 is 1.84 bits per heavy atom. The summed E-state index contributed by atoms with van der Waals surface area (Å²) in [7, 11) is -3.40. The fourth-order valence-electron chi connectivity index (χ4n) is 3.10. The summed E-state index contributed by atoms with van der Waals surface area (Å²) in [5.74, 6) is -0.0116. The van der Waals surface area contributed by atoms with E-state index in [0.717, 1.165) is 11.3 Å². The molecule has 3 nitrogen and oxygen atoms in total. The van der Waals surface area contributed by atoms with Gasteiger partial charge in [-0.25, -0.2) is 8.42 Å². The smallest absolute Gasteiger partial charge is 0.183 e. The number of rotatable bonds is 7. The Hall–Kier alpha value is -2.07. The maximum absolute atomic E-state index is 12.9. The molecule has 0 heterocycles. The van der Waals surface area contributed by atoms with Crippen molar-refractivity contribution in [2.75, 3.05) is 5.75 Å². The molecule has 0 saturated heterocycles. The second-order valence-corrected chi connectivity index (χ2v) is 8.70. The topological polar surface area (TPSA) is 37.4 Å². The molecule has 4 heteroatoms. The molecule has 0 N–H and O–H groups in total. The zero-order valence-corrected chi connectivity index (χ0v) is 16.2. The average molecular weight is 358 g/mol. The van der Waals surface area contributed by atoms with E-state index < -0.39 is 9.84 Å². The first kappa shape index (κ1) is 19.3. The van der Waals surface area contributed by atoms with Crippen molar-refractivity contribution in [3.8, 4) is 0 Å². The molecule has 0 aromatic heterocycles. The van der Waals surface area contributed by atoms with E-state index in [1.54, 1.807) is 24.3 Å². The second-order valence-electron chi connectivity index (χ2n) is 6.71. The van der Waals surface area contributed by atoms with Crippen LogP contribution in [0.25, 0.3) is 6.08 Å². The van der Waals surface area contributed by atoms with Gasteiger partial charge in [0.2, 0.25) is 0 Å². The van der Waals surface area contributed by atoms with Crippen LogP contribution in [0.15, 0.2) is 71.3 Å². The van der Waals surface area contributed by atoms with E-state index in [4.69, 9.17) is 0 Å². The zero-order valence-electron chi connectivity index (χ0n) is 15.4. The van der Waals surface area contributed by atoms with Gasteiger partial charge in [-0.3, -0.25) is 0 Å². The molecule has 0 aliphatic carbocycles. The van der Waals surface area contributed by atoms with Crippen LogP contribution in [-0.4, -0.2) is 31.2 Å². The van der Waals surface area contributed by atoms with Gasteiger partial charge >= 0.3 is 0 Å². The van der Waals surface area contributed by atoms with Crippen LogP contribution < -0.4 is 0 Å². The molecule has 25 heavy (non-hydrogen) atoms.